The van der Waals surface area contributed by atoms with Crippen molar-refractivity contribution < 1.29 is 5.11 Å². The molecule has 2 rings (SSSR count). The van der Waals surface area contributed by atoms with Crippen molar-refractivity contribution >= 4 is 27.7 Å². The van der Waals surface area contributed by atoms with Crippen LogP contribution in [-0.4, -0.2) is 5.11 Å². The Morgan fingerprint density at radius 2 is 2.00 bits per heavy atom. The number of halogens is 1. The first kappa shape index (κ1) is 13.7. The summed E-state index contributed by atoms with van der Waals surface area (Å²) in [5.41, 5.74) is 3.57. The van der Waals surface area contributed by atoms with Gasteiger partial charge >= 0.3 is 0 Å². The maximum absolute atomic E-state index is 9.35. The molecule has 0 amide bonds. The van der Waals surface area contributed by atoms with E-state index in [-0.39, 0.29) is 6.61 Å². The van der Waals surface area contributed by atoms with Crippen molar-refractivity contribution in [3.63, 3.8) is 0 Å². The normalized spacial score (nSPS) is 10.6. The Morgan fingerprint density at radius 3 is 2.72 bits per heavy atom. The summed E-state index contributed by atoms with van der Waals surface area (Å²) in [4.78, 5) is 1.14. The SMILES string of the molecule is Cc1cccc(CSc2ccc(Br)cc2CO)c1. The highest BCUT2D eigenvalue weighted by Gasteiger charge is 2.04. The van der Waals surface area contributed by atoms with Gasteiger partial charge in [-0.15, -0.1) is 11.8 Å². The number of benzene rings is 2. The van der Waals surface area contributed by atoms with Crippen LogP contribution in [0.25, 0.3) is 0 Å². The zero-order chi connectivity index (χ0) is 13.0. The summed E-state index contributed by atoms with van der Waals surface area (Å²) in [5, 5.41) is 9.35. The van der Waals surface area contributed by atoms with Crippen LogP contribution in [0, 0.1) is 6.92 Å². The van der Waals surface area contributed by atoms with Crippen molar-refractivity contribution in [3.8, 4) is 0 Å². The fourth-order valence-electron chi connectivity index (χ4n) is 1.78. The van der Waals surface area contributed by atoms with Gasteiger partial charge in [0.15, 0.2) is 0 Å². The Kier molecular flexibility index (Phi) is 4.87. The summed E-state index contributed by atoms with van der Waals surface area (Å²) >= 11 is 5.18. The summed E-state index contributed by atoms with van der Waals surface area (Å²) < 4.78 is 1.01. The molecular weight excluding hydrogens is 308 g/mol. The Bertz CT molecular complexity index is 540. The van der Waals surface area contributed by atoms with E-state index in [1.807, 2.05) is 12.1 Å². The largest absolute Gasteiger partial charge is 0.392 e. The Labute approximate surface area is 120 Å². The quantitative estimate of drug-likeness (QED) is 0.834. The minimum absolute atomic E-state index is 0.0790. The second-order valence-corrected chi connectivity index (χ2v) is 6.12. The van der Waals surface area contributed by atoms with Crippen molar-refractivity contribution in [2.75, 3.05) is 0 Å². The molecule has 0 aliphatic rings. The number of aliphatic hydroxyl groups excluding tert-OH is 1. The van der Waals surface area contributed by atoms with E-state index < -0.39 is 0 Å². The molecule has 0 saturated carbocycles. The number of rotatable bonds is 4. The maximum atomic E-state index is 9.35. The van der Waals surface area contributed by atoms with Crippen LogP contribution < -0.4 is 0 Å². The molecule has 0 bridgehead atoms. The third-order valence-corrected chi connectivity index (χ3v) is 4.35. The summed E-state index contributed by atoms with van der Waals surface area (Å²) in [6.45, 7) is 2.18. The van der Waals surface area contributed by atoms with Crippen LogP contribution >= 0.6 is 27.7 Å². The average Bonchev–Trinajstić information content (AvgIpc) is 2.37. The number of hydrogen-bond acceptors (Lipinski definition) is 2. The van der Waals surface area contributed by atoms with Gasteiger partial charge in [-0.3, -0.25) is 0 Å². The first-order chi connectivity index (χ1) is 8.69. The molecule has 0 aromatic heterocycles. The molecule has 0 atom stereocenters. The second kappa shape index (κ2) is 6.41. The van der Waals surface area contributed by atoms with Crippen molar-refractivity contribution in [1.29, 1.82) is 0 Å². The molecule has 1 N–H and O–H groups in total. The Balaban J connectivity index is 2.10. The van der Waals surface area contributed by atoms with E-state index in [0.717, 1.165) is 20.7 Å². The van der Waals surface area contributed by atoms with Gasteiger partial charge in [-0.2, -0.15) is 0 Å². The summed E-state index contributed by atoms with van der Waals surface area (Å²) in [6.07, 6.45) is 0. The number of hydrogen-bond donors (Lipinski definition) is 1. The van der Waals surface area contributed by atoms with Crippen molar-refractivity contribution in [2.24, 2.45) is 0 Å². The lowest BCUT2D eigenvalue weighted by Crippen LogP contribution is -1.89. The van der Waals surface area contributed by atoms with E-state index >= 15 is 0 Å². The fraction of sp³-hybridized carbons (Fsp3) is 0.200. The van der Waals surface area contributed by atoms with Crippen LogP contribution in [0.4, 0.5) is 0 Å². The molecule has 0 unspecified atom stereocenters. The molecular formula is C15H15BrOS. The van der Waals surface area contributed by atoms with Gasteiger partial charge in [-0.25, -0.2) is 0 Å². The number of thioether (sulfide) groups is 1. The first-order valence-electron chi connectivity index (χ1n) is 5.76. The van der Waals surface area contributed by atoms with E-state index in [2.05, 4.69) is 53.2 Å². The van der Waals surface area contributed by atoms with Gasteiger partial charge in [0.05, 0.1) is 6.61 Å². The zero-order valence-corrected chi connectivity index (χ0v) is 12.6. The van der Waals surface area contributed by atoms with Crippen molar-refractivity contribution in [1.82, 2.24) is 0 Å². The number of aryl methyl sites for hydroxylation is 1. The molecule has 18 heavy (non-hydrogen) atoms. The van der Waals surface area contributed by atoms with E-state index in [9.17, 15) is 5.11 Å². The standard InChI is InChI=1S/C15H15BrOS/c1-11-3-2-4-12(7-11)10-18-15-6-5-14(16)8-13(15)9-17/h2-8,17H,9-10H2,1H3. The van der Waals surface area contributed by atoms with Crippen LogP contribution in [0.15, 0.2) is 51.8 Å². The molecule has 0 fully saturated rings. The van der Waals surface area contributed by atoms with Crippen LogP contribution in [-0.2, 0) is 12.4 Å². The van der Waals surface area contributed by atoms with Crippen molar-refractivity contribution in [3.05, 3.63) is 63.6 Å². The minimum Gasteiger partial charge on any atom is -0.392 e. The molecule has 0 radical (unpaired) electrons. The Morgan fingerprint density at radius 1 is 1.17 bits per heavy atom. The first-order valence-corrected chi connectivity index (χ1v) is 7.54. The lowest BCUT2D eigenvalue weighted by molar-refractivity contribution is 0.279. The number of aliphatic hydroxyl groups is 1. The predicted molar refractivity (Wildman–Crippen MR) is 80.8 cm³/mol. The summed E-state index contributed by atoms with van der Waals surface area (Å²) in [6, 6.07) is 14.6. The van der Waals surface area contributed by atoms with Gasteiger partial charge in [0.2, 0.25) is 0 Å². The molecule has 1 nitrogen and oxygen atoms in total. The molecule has 0 saturated heterocycles. The van der Waals surface area contributed by atoms with Crippen LogP contribution in [0.1, 0.15) is 16.7 Å². The molecule has 0 heterocycles. The fourth-order valence-corrected chi connectivity index (χ4v) is 3.16. The maximum Gasteiger partial charge on any atom is 0.0693 e. The third kappa shape index (κ3) is 3.61. The van der Waals surface area contributed by atoms with Gasteiger partial charge in [0.25, 0.3) is 0 Å². The molecule has 0 aliphatic carbocycles. The monoisotopic (exact) mass is 322 g/mol. The van der Waals surface area contributed by atoms with Gasteiger partial charge in [-0.05, 0) is 36.2 Å². The lowest BCUT2D eigenvalue weighted by Gasteiger charge is -2.08. The topological polar surface area (TPSA) is 20.2 Å². The highest BCUT2D eigenvalue weighted by Crippen LogP contribution is 2.28. The molecule has 0 spiro atoms. The third-order valence-electron chi connectivity index (χ3n) is 2.67. The van der Waals surface area contributed by atoms with Crippen LogP contribution in [0.5, 0.6) is 0 Å². The molecule has 94 valence electrons. The highest BCUT2D eigenvalue weighted by molar-refractivity contribution is 9.10. The molecule has 3 heteroatoms. The second-order valence-electron chi connectivity index (χ2n) is 4.19. The van der Waals surface area contributed by atoms with E-state index in [0.29, 0.717) is 0 Å². The predicted octanol–water partition coefficient (Wildman–Crippen LogP) is 4.54. The molecule has 2 aromatic rings. The van der Waals surface area contributed by atoms with Gasteiger partial charge in [-0.1, -0.05) is 45.8 Å². The average molecular weight is 323 g/mol. The summed E-state index contributed by atoms with van der Waals surface area (Å²) in [5.74, 6) is 0.927. The van der Waals surface area contributed by atoms with E-state index in [4.69, 9.17) is 0 Å². The van der Waals surface area contributed by atoms with E-state index in [1.165, 1.54) is 11.1 Å². The van der Waals surface area contributed by atoms with Crippen LogP contribution in [0.3, 0.4) is 0 Å². The van der Waals surface area contributed by atoms with E-state index in [1.54, 1.807) is 11.8 Å². The lowest BCUT2D eigenvalue weighted by atomic mass is 10.2. The zero-order valence-electron chi connectivity index (χ0n) is 10.2. The van der Waals surface area contributed by atoms with Crippen LogP contribution in [0.2, 0.25) is 0 Å². The van der Waals surface area contributed by atoms with Gasteiger partial charge < -0.3 is 5.11 Å². The molecule has 2 aromatic carbocycles. The molecule has 0 aliphatic heterocycles. The highest BCUT2D eigenvalue weighted by atomic mass is 79.9. The smallest absolute Gasteiger partial charge is 0.0693 e. The van der Waals surface area contributed by atoms with Crippen molar-refractivity contribution in [2.45, 2.75) is 24.2 Å². The van der Waals surface area contributed by atoms with Gasteiger partial charge in [0.1, 0.15) is 0 Å². The Hall–Kier alpha value is -0.770. The summed E-state index contributed by atoms with van der Waals surface area (Å²) in [7, 11) is 0. The minimum atomic E-state index is 0.0790. The van der Waals surface area contributed by atoms with Gasteiger partial charge in [0, 0.05) is 15.1 Å².